The first-order valence-electron chi connectivity index (χ1n) is 4.40. The minimum absolute atomic E-state index is 0.329. The van der Waals surface area contributed by atoms with Crippen molar-refractivity contribution in [3.63, 3.8) is 0 Å². The van der Waals surface area contributed by atoms with E-state index >= 15 is 0 Å². The van der Waals surface area contributed by atoms with Crippen LogP contribution in [0.15, 0.2) is 29.4 Å². The number of nitrogens with one attached hydrogen (secondary N) is 1. The smallest absolute Gasteiger partial charge is 0.233 e. The summed E-state index contributed by atoms with van der Waals surface area (Å²) in [6, 6.07) is 6.34. The second-order valence-corrected chi connectivity index (χ2v) is 3.07. The number of amides is 1. The summed E-state index contributed by atoms with van der Waals surface area (Å²) >= 11 is 0. The highest BCUT2D eigenvalue weighted by atomic mass is 16.2. The fraction of sp³-hybridized carbons (Fsp3) is 0.200. The standard InChI is InChI=1S/C10H11N4O/c1-7-3-5-9(6-4-7)12-10(15)8(2)13-14-11/h3-6,8H,1H2,2H3,(H,12,15)/t8-/m0/s1. The number of azide groups is 1. The van der Waals surface area contributed by atoms with Crippen LogP contribution in [0, 0.1) is 6.92 Å². The van der Waals surface area contributed by atoms with Gasteiger partial charge in [0.15, 0.2) is 0 Å². The molecule has 5 heteroatoms. The van der Waals surface area contributed by atoms with Crippen LogP contribution in [0.5, 0.6) is 0 Å². The maximum atomic E-state index is 11.4. The van der Waals surface area contributed by atoms with Gasteiger partial charge >= 0.3 is 0 Å². The van der Waals surface area contributed by atoms with Crippen molar-refractivity contribution in [1.82, 2.24) is 0 Å². The van der Waals surface area contributed by atoms with E-state index in [9.17, 15) is 4.79 Å². The van der Waals surface area contributed by atoms with E-state index in [0.717, 1.165) is 5.56 Å². The molecule has 1 amide bonds. The first-order valence-corrected chi connectivity index (χ1v) is 4.40. The Balaban J connectivity index is 2.66. The van der Waals surface area contributed by atoms with E-state index in [1.165, 1.54) is 6.92 Å². The summed E-state index contributed by atoms with van der Waals surface area (Å²) in [5.74, 6) is -0.329. The molecule has 15 heavy (non-hydrogen) atoms. The molecule has 77 valence electrons. The van der Waals surface area contributed by atoms with Gasteiger partial charge in [-0.1, -0.05) is 17.2 Å². The van der Waals surface area contributed by atoms with Crippen molar-refractivity contribution in [3.05, 3.63) is 47.2 Å². The molecule has 5 nitrogen and oxygen atoms in total. The van der Waals surface area contributed by atoms with Gasteiger partial charge in [0, 0.05) is 10.6 Å². The summed E-state index contributed by atoms with van der Waals surface area (Å²) in [5.41, 5.74) is 9.69. The number of hydrogen-bond donors (Lipinski definition) is 1. The van der Waals surface area contributed by atoms with Crippen LogP contribution in [0.1, 0.15) is 12.5 Å². The van der Waals surface area contributed by atoms with E-state index in [-0.39, 0.29) is 5.91 Å². The molecule has 0 fully saturated rings. The molecular weight excluding hydrogens is 192 g/mol. The zero-order valence-corrected chi connectivity index (χ0v) is 8.34. The van der Waals surface area contributed by atoms with Gasteiger partial charge in [-0.2, -0.15) is 0 Å². The van der Waals surface area contributed by atoms with Gasteiger partial charge in [0.1, 0.15) is 6.04 Å². The van der Waals surface area contributed by atoms with Crippen molar-refractivity contribution in [2.45, 2.75) is 13.0 Å². The van der Waals surface area contributed by atoms with Crippen molar-refractivity contribution < 1.29 is 4.79 Å². The maximum Gasteiger partial charge on any atom is 0.233 e. The molecule has 0 saturated carbocycles. The van der Waals surface area contributed by atoms with Gasteiger partial charge in [0.05, 0.1) is 0 Å². The van der Waals surface area contributed by atoms with E-state index in [1.54, 1.807) is 24.3 Å². The Bertz CT molecular complexity index is 392. The SMILES string of the molecule is [CH2]c1ccc(NC(=O)[C@H](C)N=[N+]=[N-])cc1. The molecule has 0 heterocycles. The molecule has 0 unspecified atom stereocenters. The van der Waals surface area contributed by atoms with Gasteiger partial charge in [-0.25, -0.2) is 0 Å². The number of rotatable bonds is 3. The lowest BCUT2D eigenvalue weighted by Crippen LogP contribution is -2.22. The zero-order chi connectivity index (χ0) is 11.3. The third kappa shape index (κ3) is 3.32. The lowest BCUT2D eigenvalue weighted by atomic mass is 10.2. The van der Waals surface area contributed by atoms with Gasteiger partial charge < -0.3 is 5.32 Å². The van der Waals surface area contributed by atoms with Gasteiger partial charge in [0.2, 0.25) is 5.91 Å². The summed E-state index contributed by atoms with van der Waals surface area (Å²) in [7, 11) is 0. The van der Waals surface area contributed by atoms with E-state index in [1.807, 2.05) is 0 Å². The fourth-order valence-electron chi connectivity index (χ4n) is 0.965. The molecule has 1 atom stereocenters. The molecule has 0 spiro atoms. The van der Waals surface area contributed by atoms with Crippen LogP contribution in [0.2, 0.25) is 0 Å². The third-order valence-corrected chi connectivity index (χ3v) is 1.83. The molecular formula is C10H11N4O. The van der Waals surface area contributed by atoms with Crippen LogP contribution in [-0.2, 0) is 4.79 Å². The van der Waals surface area contributed by atoms with Crippen molar-refractivity contribution in [2.75, 3.05) is 5.32 Å². The van der Waals surface area contributed by atoms with E-state index in [2.05, 4.69) is 22.3 Å². The second kappa shape index (κ2) is 5.02. The number of carbonyl (C=O) groups excluding carboxylic acids is 1. The van der Waals surface area contributed by atoms with Crippen LogP contribution in [0.3, 0.4) is 0 Å². The number of anilines is 1. The van der Waals surface area contributed by atoms with Crippen molar-refractivity contribution in [3.8, 4) is 0 Å². The number of nitrogens with zero attached hydrogens (tertiary/aromatic N) is 3. The van der Waals surface area contributed by atoms with Crippen LogP contribution >= 0.6 is 0 Å². The van der Waals surface area contributed by atoms with E-state index in [4.69, 9.17) is 5.53 Å². The zero-order valence-electron chi connectivity index (χ0n) is 8.34. The third-order valence-electron chi connectivity index (χ3n) is 1.83. The lowest BCUT2D eigenvalue weighted by molar-refractivity contribution is -0.117. The van der Waals surface area contributed by atoms with E-state index in [0.29, 0.717) is 5.69 Å². The largest absolute Gasteiger partial charge is 0.326 e. The number of benzene rings is 1. The molecule has 0 bridgehead atoms. The number of hydrogen-bond acceptors (Lipinski definition) is 2. The molecule has 0 saturated heterocycles. The first kappa shape index (κ1) is 11.1. The molecule has 1 aromatic rings. The highest BCUT2D eigenvalue weighted by Crippen LogP contribution is 2.09. The minimum Gasteiger partial charge on any atom is -0.326 e. The normalized spacial score (nSPS) is 11.3. The molecule has 1 aromatic carbocycles. The Morgan fingerprint density at radius 3 is 2.67 bits per heavy atom. The topological polar surface area (TPSA) is 77.9 Å². The lowest BCUT2D eigenvalue weighted by Gasteiger charge is -2.07. The summed E-state index contributed by atoms with van der Waals surface area (Å²) in [6.45, 7) is 5.26. The second-order valence-electron chi connectivity index (χ2n) is 3.07. The quantitative estimate of drug-likeness (QED) is 0.457. The predicted octanol–water partition coefficient (Wildman–Crippen LogP) is 2.51. The maximum absolute atomic E-state index is 11.4. The Morgan fingerprint density at radius 2 is 2.13 bits per heavy atom. The van der Waals surface area contributed by atoms with Crippen molar-refractivity contribution in [1.29, 1.82) is 0 Å². The van der Waals surface area contributed by atoms with Gasteiger partial charge in [-0.05, 0) is 37.1 Å². The van der Waals surface area contributed by atoms with Crippen molar-refractivity contribution >= 4 is 11.6 Å². The van der Waals surface area contributed by atoms with Crippen LogP contribution in [0.4, 0.5) is 5.69 Å². The Kier molecular flexibility index (Phi) is 3.71. The van der Waals surface area contributed by atoms with E-state index < -0.39 is 6.04 Å². The molecule has 0 aliphatic rings. The highest BCUT2D eigenvalue weighted by Gasteiger charge is 2.10. The van der Waals surface area contributed by atoms with Gasteiger partial charge in [0.25, 0.3) is 0 Å². The predicted molar refractivity (Wildman–Crippen MR) is 58.1 cm³/mol. The Labute approximate surface area is 87.7 Å². The molecule has 0 aliphatic heterocycles. The summed E-state index contributed by atoms with van der Waals surface area (Å²) in [5, 5.41) is 5.92. The fourth-order valence-corrected chi connectivity index (χ4v) is 0.965. The summed E-state index contributed by atoms with van der Waals surface area (Å²) in [4.78, 5) is 14.0. The van der Waals surface area contributed by atoms with Gasteiger partial charge in [-0.15, -0.1) is 0 Å². The monoisotopic (exact) mass is 203 g/mol. The summed E-state index contributed by atoms with van der Waals surface area (Å²) in [6.07, 6.45) is 0. The highest BCUT2D eigenvalue weighted by molar-refractivity contribution is 5.94. The van der Waals surface area contributed by atoms with Crippen LogP contribution in [0.25, 0.3) is 10.4 Å². The average Bonchev–Trinajstić information content (AvgIpc) is 2.22. The molecule has 0 aliphatic carbocycles. The average molecular weight is 203 g/mol. The molecule has 1 rings (SSSR count). The molecule has 1 radical (unpaired) electrons. The number of carbonyl (C=O) groups is 1. The first-order chi connectivity index (χ1) is 7.13. The van der Waals surface area contributed by atoms with Crippen LogP contribution < -0.4 is 5.32 Å². The minimum atomic E-state index is -0.713. The Hall–Kier alpha value is -2.00. The molecule has 1 N–H and O–H groups in total. The van der Waals surface area contributed by atoms with Crippen LogP contribution in [-0.4, -0.2) is 11.9 Å². The van der Waals surface area contributed by atoms with Crippen molar-refractivity contribution in [2.24, 2.45) is 5.11 Å². The molecule has 0 aromatic heterocycles. The summed E-state index contributed by atoms with van der Waals surface area (Å²) < 4.78 is 0. The van der Waals surface area contributed by atoms with Gasteiger partial charge in [-0.3, -0.25) is 4.79 Å². The Morgan fingerprint density at radius 1 is 1.53 bits per heavy atom.